The van der Waals surface area contributed by atoms with Gasteiger partial charge in [0.25, 0.3) is 48.8 Å². The van der Waals surface area contributed by atoms with Crippen molar-refractivity contribution in [1.82, 2.24) is 73.6 Å². The number of unbranched alkanes of at least 4 members (excludes halogenated alkanes) is 5. The molecule has 0 spiro atoms. The van der Waals surface area contributed by atoms with Crippen LogP contribution >= 0.6 is 0 Å². The third kappa shape index (κ3) is 34.3. The Morgan fingerprint density at radius 3 is 0.919 bits per heavy atom. The van der Waals surface area contributed by atoms with Gasteiger partial charge in [0.1, 0.15) is 171 Å². The van der Waals surface area contributed by atoms with Crippen molar-refractivity contribution in [2.24, 2.45) is 26.4 Å². The van der Waals surface area contributed by atoms with Crippen molar-refractivity contribution in [2.75, 3.05) is 85.3 Å². The summed E-state index contributed by atoms with van der Waals surface area (Å²) in [6.45, 7) is -4.30. The Labute approximate surface area is 777 Å². The molecule has 0 aliphatic carbocycles. The predicted molar refractivity (Wildman–Crippen MR) is 456 cm³/mol. The van der Waals surface area contributed by atoms with Crippen LogP contribution < -0.4 is 69.5 Å². The molecule has 768 valence electrons. The van der Waals surface area contributed by atoms with Crippen molar-refractivity contribution in [3.8, 4) is 0 Å². The van der Waals surface area contributed by atoms with Crippen LogP contribution in [-0.2, 0) is 105 Å². The maximum absolute atomic E-state index is 15.1. The van der Waals surface area contributed by atoms with Gasteiger partial charge in [0.05, 0.1) is 39.5 Å². The van der Waals surface area contributed by atoms with E-state index in [1.165, 1.54) is 6.92 Å². The lowest BCUT2D eigenvalue weighted by Crippen LogP contribution is -2.59. The fourth-order valence-corrected chi connectivity index (χ4v) is 15.2. The number of rotatable bonds is 40. The summed E-state index contributed by atoms with van der Waals surface area (Å²) in [6.07, 6.45) is -31.4. The number of carbonyl (C=O) groups is 14. The molecule has 7 fully saturated rings. The van der Waals surface area contributed by atoms with Gasteiger partial charge >= 0.3 is 0 Å². The molecule has 14 amide bonds. The lowest BCUT2D eigenvalue weighted by atomic mass is 9.99. The minimum Gasteiger partial charge on any atom is -0.394 e. The normalized spacial score (nSPS) is 33.1. The third-order valence-electron chi connectivity index (χ3n) is 23.0. The van der Waals surface area contributed by atoms with Crippen LogP contribution in [0.25, 0.3) is 0 Å². The molecule has 7 saturated heterocycles. The van der Waals surface area contributed by atoms with Gasteiger partial charge in [-0.15, -0.1) is 0 Å². The zero-order chi connectivity index (χ0) is 99.8. The quantitative estimate of drug-likeness (QED) is 0.0154. The molecule has 57 heteroatoms. The van der Waals surface area contributed by atoms with E-state index in [1.54, 1.807) is 0 Å². The first-order chi connectivity index (χ1) is 65.0. The van der Waals surface area contributed by atoms with E-state index in [2.05, 4.69) is 84.4 Å². The summed E-state index contributed by atoms with van der Waals surface area (Å²) in [4.78, 5) is 220. The number of hydrogen-bond donors (Lipinski definition) is 29. The van der Waals surface area contributed by atoms with Crippen LogP contribution in [0.4, 0.5) is 0 Å². The molecule has 0 aromatic heterocycles. The summed E-state index contributed by atoms with van der Waals surface area (Å²) in [6, 6.07) is -12.0. The Hall–Kier alpha value is -10.4. The minimum absolute atomic E-state index is 0.00614. The zero-order valence-electron chi connectivity index (χ0n) is 74.5. The van der Waals surface area contributed by atoms with Gasteiger partial charge in [-0.1, -0.05) is 20.6 Å². The molecule has 57 nitrogen and oxygen atoms in total. The van der Waals surface area contributed by atoms with Crippen molar-refractivity contribution in [3.63, 3.8) is 0 Å². The Balaban J connectivity index is 1.14. The molecule has 7 rings (SSSR count). The number of aliphatic hydroxyl groups excluding tert-OH is 16. The number of carbonyl (C=O) groups excluding carboxylic acids is 14. The first kappa shape index (κ1) is 113. The molecule has 7 aliphatic heterocycles. The smallest absolute Gasteiger partial charge is 0.265 e. The standard InChI is InChI=1S/C79H129N19O38/c1-38-68(121)95-42(17-5-10-24-83-52(105)32-89-135-78-66(119)62(115)58(111)48(36-101)131-78)74(127)97-26-12-19-44(97)72(125)86-29-55(108)93-40(16-4-9-23-82-51(104)31-88-134-77-65(118)61(114)57(110)47(35-100)130-77)70(123)94-41(14-2-7-21-80)71(124)96-43(18-6-11-25-84-53(106)33-90-136-79-67(120)63(116)59(112)49(37-102)132-79)75(128)98-27-13-20-45(98)73(126)85-28-54(107)92-39(69(122)91-38)15-3-8-22-81-50(103)30-87-133-76-64(117)60(113)56(109)46(34-99)129-76/h30-33,38-49,56-67,76-79,99-102,109-120H,2-29,34-37,80H2,1H3,(H,81,103)(H,82,104)(H,83,105)(H,84,106)(H,85,126)(H,86,125)(H,91,122)(H,92,107)(H,93,108)(H,94,123)(H,95,121)(H,96,124)/b87-30+,88-31+,89-32+,90-33+/t38-,39-,40-,41-,42-,43-,44-,45-,46+,47+,48+,49+,56+,57+,58+,59+,60-,61-,62-,63-,64-,65-,66-,67-,76+,77+,78+,79+/m0/s1. The van der Waals surface area contributed by atoms with E-state index in [4.69, 9.17) is 44.0 Å². The van der Waals surface area contributed by atoms with Crippen molar-refractivity contribution in [3.05, 3.63) is 0 Å². The molecule has 0 aromatic rings. The molecule has 7 aliphatic rings. The topological polar surface area (TPSA) is 863 Å². The second-order valence-corrected chi connectivity index (χ2v) is 33.0. The molecular formula is C79H129N19O38. The van der Waals surface area contributed by atoms with Gasteiger partial charge in [0, 0.05) is 39.3 Å². The number of hydrogen-bond acceptors (Lipinski definition) is 43. The third-order valence-corrected chi connectivity index (χ3v) is 23.0. The number of amides is 14. The molecule has 0 bridgehead atoms. The fraction of sp³-hybridized carbons (Fsp3) is 0.772. The van der Waals surface area contributed by atoms with E-state index in [9.17, 15) is 144 Å². The van der Waals surface area contributed by atoms with Crippen LogP contribution in [0.3, 0.4) is 0 Å². The first-order valence-corrected chi connectivity index (χ1v) is 44.7. The van der Waals surface area contributed by atoms with Gasteiger partial charge < -0.3 is 199 Å². The van der Waals surface area contributed by atoms with Gasteiger partial charge in [0.15, 0.2) is 0 Å². The molecule has 28 atom stereocenters. The number of oxime groups is 4. The molecule has 136 heavy (non-hydrogen) atoms. The van der Waals surface area contributed by atoms with Gasteiger partial charge in [-0.05, 0) is 135 Å². The van der Waals surface area contributed by atoms with Crippen molar-refractivity contribution in [2.45, 2.75) is 300 Å². The van der Waals surface area contributed by atoms with Crippen LogP contribution in [0, 0.1) is 0 Å². The van der Waals surface area contributed by atoms with Crippen LogP contribution in [0.15, 0.2) is 20.6 Å². The summed E-state index contributed by atoms with van der Waals surface area (Å²) >= 11 is 0. The lowest BCUT2D eigenvalue weighted by Gasteiger charge is -2.38. The average Bonchev–Trinajstić information content (AvgIpc) is 0.908. The molecular weight excluding hydrogens is 1820 g/mol. The Morgan fingerprint density at radius 1 is 0.360 bits per heavy atom. The van der Waals surface area contributed by atoms with Crippen LogP contribution in [0.1, 0.15) is 129 Å². The summed E-state index contributed by atoms with van der Waals surface area (Å²) < 4.78 is 20.8. The van der Waals surface area contributed by atoms with Gasteiger partial charge in [-0.2, -0.15) is 0 Å². The molecule has 7 heterocycles. The molecule has 0 aromatic carbocycles. The first-order valence-electron chi connectivity index (χ1n) is 44.7. The largest absolute Gasteiger partial charge is 0.394 e. The molecule has 30 N–H and O–H groups in total. The maximum Gasteiger partial charge on any atom is 0.265 e. The summed E-state index contributed by atoms with van der Waals surface area (Å²) in [5, 5.41) is 205. The van der Waals surface area contributed by atoms with E-state index in [0.717, 1.165) is 9.80 Å². The summed E-state index contributed by atoms with van der Waals surface area (Å²) in [5.74, 6) is -13.0. The maximum atomic E-state index is 15.1. The number of nitrogens with two attached hydrogens (primary N) is 1. The number of fused-ring (bicyclic) bond motifs is 2. The summed E-state index contributed by atoms with van der Waals surface area (Å²) in [5.41, 5.74) is 5.89. The highest BCUT2D eigenvalue weighted by molar-refractivity contribution is 6.27. The van der Waals surface area contributed by atoms with E-state index < -0.39 is 293 Å². The summed E-state index contributed by atoms with van der Waals surface area (Å²) in [7, 11) is 0. The van der Waals surface area contributed by atoms with Crippen LogP contribution in [0.2, 0.25) is 0 Å². The molecule has 0 unspecified atom stereocenters. The molecule has 0 radical (unpaired) electrons. The number of ether oxygens (including phenoxy) is 4. The van der Waals surface area contributed by atoms with Gasteiger partial charge in [0.2, 0.25) is 59.1 Å². The van der Waals surface area contributed by atoms with E-state index >= 15 is 4.79 Å². The van der Waals surface area contributed by atoms with Crippen molar-refractivity contribution >= 4 is 108 Å². The SMILES string of the molecule is C[C@@H]1NC(=O)[C@H](CCCCNC(=O)/C=N/O[C@H]2O[C@H](CO)[C@@H](O)[C@H](O)[C@@H]2O)NC(=O)CNC(=O)[C@@H]2CCCN2C(=O)[C@H](CCCCNC(=O)/C=N/O[C@H]2O[C@H](CO)[C@@H](O)[C@H](O)[C@@H]2O)NC(=O)[C@H](CCCCN)NC(=O)[C@H](CCCCNC(=O)/C=N/O[C@H]2O[C@H](CO)[C@@H](O)[C@H](O)[C@@H]2O)NC(=O)CNC(=O)[C@@H]2CCCN2C(=O)[C@H](CCCCNC(=O)/C=N/O[C@H]2O[C@H](CO)[C@@H](O)[C@H](O)[C@@H]2O)NC1=O. The Morgan fingerprint density at radius 2 is 0.625 bits per heavy atom. The monoisotopic (exact) mass is 1950 g/mol. The lowest BCUT2D eigenvalue weighted by molar-refractivity contribution is -0.301. The van der Waals surface area contributed by atoms with Crippen LogP contribution in [0.5, 0.6) is 0 Å². The van der Waals surface area contributed by atoms with Gasteiger partial charge in [-0.3, -0.25) is 67.1 Å². The van der Waals surface area contributed by atoms with Crippen molar-refractivity contribution < 1.29 is 187 Å². The van der Waals surface area contributed by atoms with Gasteiger partial charge in [-0.25, -0.2) is 0 Å². The fourth-order valence-electron chi connectivity index (χ4n) is 15.2. The Kier molecular flexibility index (Phi) is 47.8. The highest BCUT2D eigenvalue weighted by Crippen LogP contribution is 2.28. The van der Waals surface area contributed by atoms with E-state index in [0.29, 0.717) is 24.9 Å². The number of nitrogens with one attached hydrogen (secondary N) is 12. The van der Waals surface area contributed by atoms with E-state index in [-0.39, 0.29) is 168 Å². The van der Waals surface area contributed by atoms with Crippen molar-refractivity contribution in [1.29, 1.82) is 0 Å². The van der Waals surface area contributed by atoms with Crippen LogP contribution in [-0.4, -0.2) is 456 Å². The number of nitrogens with zero attached hydrogens (tertiary/aromatic N) is 6. The zero-order valence-corrected chi connectivity index (χ0v) is 74.5. The number of aliphatic hydroxyl groups is 16. The average molecular weight is 1950 g/mol. The minimum atomic E-state index is -1.86. The Bertz CT molecular complexity index is 4010. The predicted octanol–water partition coefficient (Wildman–Crippen LogP) is -16.4. The van der Waals surface area contributed by atoms with E-state index in [1.807, 2.05) is 0 Å². The highest BCUT2D eigenvalue weighted by Gasteiger charge is 2.50. The second-order valence-electron chi connectivity index (χ2n) is 33.0. The highest BCUT2D eigenvalue weighted by atomic mass is 16.8. The second kappa shape index (κ2) is 57.7. The molecule has 0 saturated carbocycles.